The average Bonchev–Trinajstić information content (AvgIpc) is 3.38. The molecule has 0 spiro atoms. The summed E-state index contributed by atoms with van der Waals surface area (Å²) in [6.07, 6.45) is 7.36. The standard InChI is InChI=1S/C23H25BrN2O2S/c1-18-2-8-22(9-3-18)29-15-21-14-27-23(28-21,16-26-13-12-25-17-26)11-10-19-4-6-20(24)7-5-19/h2-9,12-13,17,21H,10-11,14-16H2,1H3. The molecule has 4 rings (SSSR count). The predicted molar refractivity (Wildman–Crippen MR) is 120 cm³/mol. The third-order valence-corrected chi connectivity index (χ3v) is 6.73. The van der Waals surface area contributed by atoms with Gasteiger partial charge >= 0.3 is 0 Å². The molecule has 2 heterocycles. The summed E-state index contributed by atoms with van der Waals surface area (Å²) in [5.74, 6) is 0.263. The van der Waals surface area contributed by atoms with Crippen LogP contribution in [-0.2, 0) is 22.4 Å². The third-order valence-electron chi connectivity index (χ3n) is 5.06. The first kappa shape index (κ1) is 20.7. The van der Waals surface area contributed by atoms with Crippen LogP contribution in [-0.4, -0.2) is 33.8 Å². The molecular weight excluding hydrogens is 448 g/mol. The van der Waals surface area contributed by atoms with Gasteiger partial charge in [0.05, 0.1) is 25.6 Å². The Morgan fingerprint density at radius 1 is 1.17 bits per heavy atom. The molecule has 0 radical (unpaired) electrons. The molecule has 1 aromatic heterocycles. The molecule has 1 aliphatic rings. The highest BCUT2D eigenvalue weighted by Crippen LogP contribution is 2.33. The highest BCUT2D eigenvalue weighted by atomic mass is 79.9. The molecule has 0 saturated carbocycles. The number of hydrogen-bond donors (Lipinski definition) is 0. The normalized spacial score (nSPS) is 21.5. The minimum atomic E-state index is -0.619. The van der Waals surface area contributed by atoms with Crippen LogP contribution in [0.3, 0.4) is 0 Å². The Morgan fingerprint density at radius 2 is 1.97 bits per heavy atom. The van der Waals surface area contributed by atoms with Crippen molar-refractivity contribution in [3.05, 3.63) is 82.9 Å². The Bertz CT molecular complexity index is 900. The van der Waals surface area contributed by atoms with Crippen molar-refractivity contribution in [2.45, 2.75) is 43.1 Å². The second-order valence-electron chi connectivity index (χ2n) is 7.45. The maximum absolute atomic E-state index is 6.51. The van der Waals surface area contributed by atoms with Crippen molar-refractivity contribution >= 4 is 27.7 Å². The minimum absolute atomic E-state index is 0.0785. The van der Waals surface area contributed by atoms with Crippen molar-refractivity contribution in [3.63, 3.8) is 0 Å². The summed E-state index contributed by atoms with van der Waals surface area (Å²) in [6.45, 7) is 3.38. The lowest BCUT2D eigenvalue weighted by Gasteiger charge is -2.28. The second kappa shape index (κ2) is 9.47. The van der Waals surface area contributed by atoms with Crippen molar-refractivity contribution in [2.75, 3.05) is 12.4 Å². The first-order chi connectivity index (χ1) is 14.1. The van der Waals surface area contributed by atoms with Gasteiger partial charge in [-0.25, -0.2) is 4.98 Å². The minimum Gasteiger partial charge on any atom is -0.345 e. The van der Waals surface area contributed by atoms with Crippen molar-refractivity contribution in [1.82, 2.24) is 9.55 Å². The fourth-order valence-corrected chi connectivity index (χ4v) is 4.60. The quantitative estimate of drug-likeness (QED) is 0.406. The van der Waals surface area contributed by atoms with Gasteiger partial charge in [-0.05, 0) is 43.2 Å². The van der Waals surface area contributed by atoms with E-state index in [0.717, 1.165) is 23.1 Å². The maximum atomic E-state index is 6.51. The van der Waals surface area contributed by atoms with Crippen LogP contribution < -0.4 is 0 Å². The zero-order chi connectivity index (χ0) is 20.1. The van der Waals surface area contributed by atoms with E-state index in [4.69, 9.17) is 9.47 Å². The van der Waals surface area contributed by atoms with Gasteiger partial charge in [-0.2, -0.15) is 0 Å². The Hall–Kier alpha value is -1.60. The van der Waals surface area contributed by atoms with Crippen LogP contribution in [0.5, 0.6) is 0 Å². The fraction of sp³-hybridized carbons (Fsp3) is 0.348. The summed E-state index contributed by atoms with van der Waals surface area (Å²) in [5.41, 5.74) is 2.56. The molecule has 29 heavy (non-hydrogen) atoms. The summed E-state index contributed by atoms with van der Waals surface area (Å²) in [4.78, 5) is 5.43. The van der Waals surface area contributed by atoms with E-state index < -0.39 is 5.79 Å². The highest BCUT2D eigenvalue weighted by molar-refractivity contribution is 9.10. The number of ether oxygens (including phenoxy) is 2. The zero-order valence-corrected chi connectivity index (χ0v) is 18.9. The van der Waals surface area contributed by atoms with Crippen LogP contribution in [0.4, 0.5) is 0 Å². The van der Waals surface area contributed by atoms with Gasteiger partial charge in [-0.15, -0.1) is 11.8 Å². The molecule has 2 aromatic carbocycles. The summed E-state index contributed by atoms with van der Waals surface area (Å²) >= 11 is 5.32. The highest BCUT2D eigenvalue weighted by Gasteiger charge is 2.41. The van der Waals surface area contributed by atoms with Crippen LogP contribution in [0.1, 0.15) is 17.5 Å². The lowest BCUT2D eigenvalue weighted by atomic mass is 10.0. The first-order valence-electron chi connectivity index (χ1n) is 9.82. The van der Waals surface area contributed by atoms with Gasteiger partial charge in [0, 0.05) is 33.9 Å². The van der Waals surface area contributed by atoms with Gasteiger partial charge in [0.15, 0.2) is 5.79 Å². The Kier molecular flexibility index (Phi) is 6.75. The van der Waals surface area contributed by atoms with E-state index in [0.29, 0.717) is 13.2 Å². The van der Waals surface area contributed by atoms with Crippen LogP contribution in [0, 0.1) is 6.92 Å². The van der Waals surface area contributed by atoms with Crippen LogP contribution in [0.2, 0.25) is 0 Å². The summed E-state index contributed by atoms with van der Waals surface area (Å²) in [5, 5.41) is 0. The number of thioether (sulfide) groups is 1. The van der Waals surface area contributed by atoms with Crippen LogP contribution in [0.25, 0.3) is 0 Å². The van der Waals surface area contributed by atoms with E-state index in [9.17, 15) is 0 Å². The Labute approximate surface area is 184 Å². The number of hydrogen-bond acceptors (Lipinski definition) is 4. The number of rotatable bonds is 8. The van der Waals surface area contributed by atoms with Crippen molar-refractivity contribution in [1.29, 1.82) is 0 Å². The number of aromatic nitrogens is 2. The number of aryl methyl sites for hydroxylation is 2. The molecule has 0 N–H and O–H groups in total. The van der Waals surface area contributed by atoms with Crippen LogP contribution in [0.15, 0.2) is 76.6 Å². The van der Waals surface area contributed by atoms with E-state index >= 15 is 0 Å². The van der Waals surface area contributed by atoms with E-state index in [-0.39, 0.29) is 6.10 Å². The number of benzene rings is 2. The monoisotopic (exact) mass is 472 g/mol. The van der Waals surface area contributed by atoms with Gasteiger partial charge in [-0.1, -0.05) is 45.8 Å². The third kappa shape index (κ3) is 5.72. The molecule has 2 atom stereocenters. The Morgan fingerprint density at radius 3 is 2.69 bits per heavy atom. The molecular formula is C23H25BrN2O2S. The molecule has 0 bridgehead atoms. The molecule has 1 fully saturated rings. The lowest BCUT2D eigenvalue weighted by molar-refractivity contribution is -0.180. The predicted octanol–water partition coefficient (Wildman–Crippen LogP) is 5.49. The van der Waals surface area contributed by atoms with Gasteiger partial charge in [0.2, 0.25) is 0 Å². The van der Waals surface area contributed by atoms with E-state index in [2.05, 4.69) is 76.4 Å². The molecule has 3 aromatic rings. The molecule has 152 valence electrons. The SMILES string of the molecule is Cc1ccc(SCC2COC(CCc3ccc(Br)cc3)(Cn3ccnc3)O2)cc1. The summed E-state index contributed by atoms with van der Waals surface area (Å²) < 4.78 is 15.9. The van der Waals surface area contributed by atoms with E-state index in [1.54, 1.807) is 6.20 Å². The summed E-state index contributed by atoms with van der Waals surface area (Å²) in [7, 11) is 0. The maximum Gasteiger partial charge on any atom is 0.187 e. The number of halogens is 1. The van der Waals surface area contributed by atoms with E-state index in [1.807, 2.05) is 28.9 Å². The molecule has 0 aliphatic carbocycles. The largest absolute Gasteiger partial charge is 0.345 e. The van der Waals surface area contributed by atoms with Crippen LogP contribution >= 0.6 is 27.7 Å². The first-order valence-corrected chi connectivity index (χ1v) is 11.6. The zero-order valence-electron chi connectivity index (χ0n) is 16.5. The molecule has 4 nitrogen and oxygen atoms in total. The van der Waals surface area contributed by atoms with Gasteiger partial charge in [-0.3, -0.25) is 0 Å². The molecule has 1 saturated heterocycles. The molecule has 2 unspecified atom stereocenters. The molecule has 1 aliphatic heterocycles. The number of imidazole rings is 1. The van der Waals surface area contributed by atoms with Crippen molar-refractivity contribution < 1.29 is 9.47 Å². The topological polar surface area (TPSA) is 36.3 Å². The van der Waals surface area contributed by atoms with E-state index in [1.165, 1.54) is 16.0 Å². The van der Waals surface area contributed by atoms with Crippen molar-refractivity contribution in [3.8, 4) is 0 Å². The lowest BCUT2D eigenvalue weighted by Crippen LogP contribution is -2.37. The number of nitrogens with zero attached hydrogens (tertiary/aromatic N) is 2. The summed E-state index contributed by atoms with van der Waals surface area (Å²) in [6, 6.07) is 17.1. The average molecular weight is 473 g/mol. The fourth-order valence-electron chi connectivity index (χ4n) is 3.46. The smallest absolute Gasteiger partial charge is 0.187 e. The van der Waals surface area contributed by atoms with Crippen molar-refractivity contribution in [2.24, 2.45) is 0 Å². The van der Waals surface area contributed by atoms with Gasteiger partial charge < -0.3 is 14.0 Å². The molecule has 0 amide bonds. The molecule has 6 heteroatoms. The Balaban J connectivity index is 1.40. The van der Waals surface area contributed by atoms with Gasteiger partial charge in [0.1, 0.15) is 0 Å². The van der Waals surface area contributed by atoms with Gasteiger partial charge in [0.25, 0.3) is 0 Å². The second-order valence-corrected chi connectivity index (χ2v) is 9.46.